The molecular weight excluding hydrogens is 326 g/mol. The monoisotopic (exact) mass is 349 g/mol. The fourth-order valence-electron chi connectivity index (χ4n) is 3.27. The average molecular weight is 349 g/mol. The molecule has 3 aromatic rings. The first kappa shape index (κ1) is 16.7. The van der Waals surface area contributed by atoms with Gasteiger partial charge in [-0.15, -0.1) is 0 Å². The third-order valence-corrected chi connectivity index (χ3v) is 4.74. The predicted octanol–water partition coefficient (Wildman–Crippen LogP) is 3.37. The lowest BCUT2D eigenvalue weighted by Gasteiger charge is -2.14. The smallest absolute Gasteiger partial charge is 0.241 e. The van der Waals surface area contributed by atoms with E-state index in [-0.39, 0.29) is 0 Å². The predicted molar refractivity (Wildman–Crippen MR) is 101 cm³/mol. The molecule has 1 aromatic carbocycles. The minimum absolute atomic E-state index is 0.608. The molecule has 1 saturated heterocycles. The summed E-state index contributed by atoms with van der Waals surface area (Å²) in [5.74, 6) is 2.88. The van der Waals surface area contributed by atoms with E-state index in [1.807, 2.05) is 36.5 Å². The van der Waals surface area contributed by atoms with Crippen LogP contribution in [0.3, 0.4) is 0 Å². The van der Waals surface area contributed by atoms with E-state index in [1.165, 1.54) is 12.0 Å². The highest BCUT2D eigenvalue weighted by molar-refractivity contribution is 5.54. The molecule has 1 unspecified atom stereocenters. The van der Waals surface area contributed by atoms with Crippen molar-refractivity contribution in [2.24, 2.45) is 5.92 Å². The molecule has 0 radical (unpaired) electrons. The molecule has 0 aliphatic carbocycles. The van der Waals surface area contributed by atoms with Crippen molar-refractivity contribution in [1.29, 1.82) is 0 Å². The molecule has 0 amide bonds. The molecule has 6 heteroatoms. The number of aromatic nitrogens is 3. The van der Waals surface area contributed by atoms with Crippen LogP contribution >= 0.6 is 0 Å². The minimum Gasteiger partial charge on any atom is -0.370 e. The van der Waals surface area contributed by atoms with Gasteiger partial charge in [-0.25, -0.2) is 4.98 Å². The first-order valence-electron chi connectivity index (χ1n) is 9.03. The maximum Gasteiger partial charge on any atom is 0.241 e. The minimum atomic E-state index is 0.608. The molecule has 0 bridgehead atoms. The van der Waals surface area contributed by atoms with Crippen LogP contribution in [0.4, 0.5) is 5.82 Å². The van der Waals surface area contributed by atoms with Crippen molar-refractivity contribution in [3.8, 4) is 11.4 Å². The molecule has 1 aliphatic rings. The van der Waals surface area contributed by atoms with Crippen LogP contribution in [0, 0.1) is 12.8 Å². The second-order valence-corrected chi connectivity index (χ2v) is 6.86. The highest BCUT2D eigenvalue weighted by Gasteiger charge is 2.24. The third kappa shape index (κ3) is 4.08. The zero-order valence-corrected chi connectivity index (χ0v) is 14.9. The standard InChI is InChI=1S/C20H23N5O/c1-15-5-7-17(8-6-15)20-23-19(26-24-20)14-25-11-9-16(13-25)12-22-18-4-2-3-10-21-18/h2-8,10,16H,9,11-14H2,1H3,(H,21,22). The summed E-state index contributed by atoms with van der Waals surface area (Å²) in [6, 6.07) is 14.1. The van der Waals surface area contributed by atoms with Gasteiger partial charge in [-0.1, -0.05) is 41.1 Å². The zero-order chi connectivity index (χ0) is 17.8. The highest BCUT2D eigenvalue weighted by Crippen LogP contribution is 2.21. The molecule has 1 atom stereocenters. The number of nitrogens with zero attached hydrogens (tertiary/aromatic N) is 4. The molecule has 2 aromatic heterocycles. The van der Waals surface area contributed by atoms with Gasteiger partial charge in [-0.3, -0.25) is 4.90 Å². The number of rotatable bonds is 6. The number of hydrogen-bond acceptors (Lipinski definition) is 6. The van der Waals surface area contributed by atoms with E-state index in [0.717, 1.165) is 31.0 Å². The fraction of sp³-hybridized carbons (Fsp3) is 0.350. The molecule has 1 N–H and O–H groups in total. The van der Waals surface area contributed by atoms with Gasteiger partial charge in [0, 0.05) is 24.8 Å². The largest absolute Gasteiger partial charge is 0.370 e. The summed E-state index contributed by atoms with van der Waals surface area (Å²) in [5.41, 5.74) is 2.21. The molecule has 0 saturated carbocycles. The number of benzene rings is 1. The Balaban J connectivity index is 1.29. The Hall–Kier alpha value is -2.73. The van der Waals surface area contributed by atoms with E-state index >= 15 is 0 Å². The second-order valence-electron chi connectivity index (χ2n) is 6.86. The van der Waals surface area contributed by atoms with Crippen molar-refractivity contribution >= 4 is 5.82 Å². The summed E-state index contributed by atoms with van der Waals surface area (Å²) in [6.45, 7) is 5.79. The van der Waals surface area contributed by atoms with Crippen molar-refractivity contribution < 1.29 is 4.52 Å². The van der Waals surface area contributed by atoms with Gasteiger partial charge in [0.05, 0.1) is 6.54 Å². The Bertz CT molecular complexity index is 831. The third-order valence-electron chi connectivity index (χ3n) is 4.74. The lowest BCUT2D eigenvalue weighted by Crippen LogP contribution is -2.23. The lowest BCUT2D eigenvalue weighted by atomic mass is 10.1. The number of likely N-dealkylation sites (tertiary alicyclic amines) is 1. The second kappa shape index (κ2) is 7.66. The van der Waals surface area contributed by atoms with Crippen LogP contribution in [-0.4, -0.2) is 39.7 Å². The van der Waals surface area contributed by atoms with Gasteiger partial charge < -0.3 is 9.84 Å². The van der Waals surface area contributed by atoms with Gasteiger partial charge >= 0.3 is 0 Å². The van der Waals surface area contributed by atoms with Crippen molar-refractivity contribution in [3.63, 3.8) is 0 Å². The summed E-state index contributed by atoms with van der Waals surface area (Å²) in [6.07, 6.45) is 2.98. The Labute approximate surface area is 153 Å². The SMILES string of the molecule is Cc1ccc(-c2noc(CN3CCC(CNc4ccccn4)C3)n2)cc1. The number of anilines is 1. The maximum absolute atomic E-state index is 5.45. The van der Waals surface area contributed by atoms with E-state index in [0.29, 0.717) is 24.2 Å². The number of hydrogen-bond donors (Lipinski definition) is 1. The highest BCUT2D eigenvalue weighted by atomic mass is 16.5. The molecule has 1 aliphatic heterocycles. The molecule has 6 nitrogen and oxygen atoms in total. The van der Waals surface area contributed by atoms with Gasteiger partial charge in [0.15, 0.2) is 0 Å². The van der Waals surface area contributed by atoms with Crippen LogP contribution < -0.4 is 5.32 Å². The summed E-state index contributed by atoms with van der Waals surface area (Å²) < 4.78 is 5.45. The average Bonchev–Trinajstić information content (AvgIpc) is 3.32. The Morgan fingerprint density at radius 3 is 2.88 bits per heavy atom. The van der Waals surface area contributed by atoms with Crippen LogP contribution in [-0.2, 0) is 6.54 Å². The Kier molecular flexibility index (Phi) is 4.93. The lowest BCUT2D eigenvalue weighted by molar-refractivity contribution is 0.261. The topological polar surface area (TPSA) is 67.1 Å². The van der Waals surface area contributed by atoms with E-state index < -0.39 is 0 Å². The fourth-order valence-corrected chi connectivity index (χ4v) is 3.27. The summed E-state index contributed by atoms with van der Waals surface area (Å²) in [5, 5.41) is 7.53. The van der Waals surface area contributed by atoms with Crippen molar-refractivity contribution in [2.75, 3.05) is 25.0 Å². The van der Waals surface area contributed by atoms with Crippen LogP contribution in [0.2, 0.25) is 0 Å². The van der Waals surface area contributed by atoms with Crippen molar-refractivity contribution in [2.45, 2.75) is 19.9 Å². The van der Waals surface area contributed by atoms with Gasteiger partial charge in [0.25, 0.3) is 0 Å². The van der Waals surface area contributed by atoms with E-state index in [4.69, 9.17) is 4.52 Å². The molecule has 134 valence electrons. The zero-order valence-electron chi connectivity index (χ0n) is 14.9. The van der Waals surface area contributed by atoms with Crippen molar-refractivity contribution in [3.05, 3.63) is 60.1 Å². The van der Waals surface area contributed by atoms with E-state index in [1.54, 1.807) is 0 Å². The van der Waals surface area contributed by atoms with E-state index in [9.17, 15) is 0 Å². The summed E-state index contributed by atoms with van der Waals surface area (Å²) in [7, 11) is 0. The van der Waals surface area contributed by atoms with Gasteiger partial charge in [-0.05, 0) is 37.9 Å². The van der Waals surface area contributed by atoms with Crippen LogP contribution in [0.25, 0.3) is 11.4 Å². The first-order chi connectivity index (χ1) is 12.8. The number of aryl methyl sites for hydroxylation is 1. The molecule has 4 rings (SSSR count). The summed E-state index contributed by atoms with van der Waals surface area (Å²) >= 11 is 0. The number of nitrogens with one attached hydrogen (secondary N) is 1. The molecule has 3 heterocycles. The molecule has 26 heavy (non-hydrogen) atoms. The van der Waals surface area contributed by atoms with Gasteiger partial charge in [0.2, 0.25) is 11.7 Å². The van der Waals surface area contributed by atoms with Crippen LogP contribution in [0.5, 0.6) is 0 Å². The molecule has 0 spiro atoms. The Morgan fingerprint density at radius 2 is 2.08 bits per heavy atom. The van der Waals surface area contributed by atoms with Gasteiger partial charge in [-0.2, -0.15) is 4.98 Å². The first-order valence-corrected chi connectivity index (χ1v) is 9.03. The van der Waals surface area contributed by atoms with Gasteiger partial charge in [0.1, 0.15) is 5.82 Å². The van der Waals surface area contributed by atoms with E-state index in [2.05, 4.69) is 44.4 Å². The number of pyridine rings is 1. The maximum atomic E-state index is 5.45. The quantitative estimate of drug-likeness (QED) is 0.736. The normalized spacial score (nSPS) is 17.5. The summed E-state index contributed by atoms with van der Waals surface area (Å²) in [4.78, 5) is 11.2. The molecule has 1 fully saturated rings. The van der Waals surface area contributed by atoms with Crippen LogP contribution in [0.15, 0.2) is 53.2 Å². The molecular formula is C20H23N5O. The Morgan fingerprint density at radius 1 is 1.19 bits per heavy atom. The van der Waals surface area contributed by atoms with Crippen molar-refractivity contribution in [1.82, 2.24) is 20.0 Å². The van der Waals surface area contributed by atoms with Crippen LogP contribution in [0.1, 0.15) is 17.9 Å².